The summed E-state index contributed by atoms with van der Waals surface area (Å²) in [6.07, 6.45) is 3.30. The van der Waals surface area contributed by atoms with Gasteiger partial charge in [-0.1, -0.05) is 30.3 Å². The molecule has 22 heavy (non-hydrogen) atoms. The number of hydrogen-bond acceptors (Lipinski definition) is 3. The highest BCUT2D eigenvalue weighted by Gasteiger charge is 2.18. The van der Waals surface area contributed by atoms with Gasteiger partial charge in [0.1, 0.15) is 5.75 Å². The molecule has 2 nitrogen and oxygen atoms in total. The molecule has 0 fully saturated rings. The van der Waals surface area contributed by atoms with E-state index in [0.29, 0.717) is 5.75 Å². The van der Waals surface area contributed by atoms with Gasteiger partial charge in [-0.05, 0) is 61.0 Å². The maximum Gasteiger partial charge on any atom is 0.116 e. The normalized spacial score (nSPS) is 15.5. The average Bonchev–Trinajstić information content (AvgIpc) is 2.65. The van der Waals surface area contributed by atoms with Gasteiger partial charge in [-0.2, -0.15) is 0 Å². The summed E-state index contributed by atoms with van der Waals surface area (Å²) in [5, 5.41) is 9.91. The number of aromatic hydroxyl groups is 1. The quantitative estimate of drug-likeness (QED) is 0.910. The molecule has 2 aromatic carbocycles. The second-order valence-electron chi connectivity index (χ2n) is 5.84. The largest absolute Gasteiger partial charge is 0.508 e. The Morgan fingerprint density at radius 1 is 1.14 bits per heavy atom. The predicted octanol–water partition coefficient (Wildman–Crippen LogP) is 4.38. The molecule has 1 aliphatic rings. The van der Waals surface area contributed by atoms with Gasteiger partial charge < -0.3 is 10.0 Å². The lowest BCUT2D eigenvalue weighted by molar-refractivity contribution is 0.417. The molecule has 0 unspecified atom stereocenters. The van der Waals surface area contributed by atoms with Gasteiger partial charge in [0.25, 0.3) is 0 Å². The van der Waals surface area contributed by atoms with Crippen LogP contribution in [0.4, 0.5) is 0 Å². The molecule has 0 saturated heterocycles. The van der Waals surface area contributed by atoms with Crippen LogP contribution >= 0.6 is 11.8 Å². The zero-order valence-corrected chi connectivity index (χ0v) is 13.9. The van der Waals surface area contributed by atoms with Crippen molar-refractivity contribution in [1.29, 1.82) is 0 Å². The molecule has 1 N–H and O–H groups in total. The lowest BCUT2D eigenvalue weighted by Crippen LogP contribution is -2.12. The Hall–Kier alpha value is -1.71. The molecule has 1 heterocycles. The predicted molar refractivity (Wildman–Crippen MR) is 94.4 cm³/mol. The molecule has 3 rings (SSSR count). The number of phenols is 1. The molecule has 0 amide bonds. The van der Waals surface area contributed by atoms with E-state index >= 15 is 0 Å². The second kappa shape index (κ2) is 6.59. The van der Waals surface area contributed by atoms with Crippen molar-refractivity contribution in [3.8, 4) is 5.75 Å². The average molecular weight is 311 g/mol. The minimum atomic E-state index is 0.331. The summed E-state index contributed by atoms with van der Waals surface area (Å²) < 4.78 is 0. The highest BCUT2D eigenvalue weighted by molar-refractivity contribution is 7.98. The minimum Gasteiger partial charge on any atom is -0.508 e. The Balaban J connectivity index is 2.10. The van der Waals surface area contributed by atoms with Crippen LogP contribution in [-0.4, -0.2) is 30.6 Å². The first kappa shape index (κ1) is 15.2. The topological polar surface area (TPSA) is 23.5 Å². The molecule has 3 heteroatoms. The van der Waals surface area contributed by atoms with E-state index in [9.17, 15) is 5.11 Å². The van der Waals surface area contributed by atoms with E-state index in [-0.39, 0.29) is 0 Å². The Bertz CT molecular complexity index is 706. The van der Waals surface area contributed by atoms with Crippen molar-refractivity contribution in [2.45, 2.75) is 17.1 Å². The maximum absolute atomic E-state index is 9.91. The molecule has 0 aromatic heterocycles. The standard InChI is InChI=1S/C19H21NOS/c1-20(2)11-5-8-17-16-7-4-3-6-14(16)13-22-19-10-9-15(21)12-18(17)19/h3-4,6-10,12,21H,5,11,13H2,1-2H3/b17-8+. The molecule has 0 bridgehead atoms. The van der Waals surface area contributed by atoms with E-state index in [1.54, 1.807) is 6.07 Å². The fraction of sp³-hybridized carbons (Fsp3) is 0.263. The maximum atomic E-state index is 9.91. The highest BCUT2D eigenvalue weighted by Crippen LogP contribution is 2.41. The highest BCUT2D eigenvalue weighted by atomic mass is 32.2. The van der Waals surface area contributed by atoms with Gasteiger partial charge in [-0.3, -0.25) is 0 Å². The molecular formula is C19H21NOS. The van der Waals surface area contributed by atoms with Crippen LogP contribution in [0.1, 0.15) is 23.1 Å². The molecular weight excluding hydrogens is 290 g/mol. The van der Waals surface area contributed by atoms with Gasteiger partial charge in [0.2, 0.25) is 0 Å². The van der Waals surface area contributed by atoms with E-state index in [0.717, 1.165) is 24.3 Å². The smallest absolute Gasteiger partial charge is 0.116 e. The van der Waals surface area contributed by atoms with Crippen LogP contribution in [0.15, 0.2) is 53.4 Å². The van der Waals surface area contributed by atoms with Crippen molar-refractivity contribution >= 4 is 17.3 Å². The van der Waals surface area contributed by atoms with Gasteiger partial charge >= 0.3 is 0 Å². The summed E-state index contributed by atoms with van der Waals surface area (Å²) in [6.45, 7) is 1.02. The van der Waals surface area contributed by atoms with Gasteiger partial charge in [0.15, 0.2) is 0 Å². The van der Waals surface area contributed by atoms with Gasteiger partial charge in [-0.25, -0.2) is 0 Å². The summed E-state index contributed by atoms with van der Waals surface area (Å²) in [6, 6.07) is 14.3. The Kier molecular flexibility index (Phi) is 4.55. The van der Waals surface area contributed by atoms with Crippen LogP contribution in [-0.2, 0) is 5.75 Å². The van der Waals surface area contributed by atoms with E-state index < -0.39 is 0 Å². The number of hydrogen-bond donors (Lipinski definition) is 1. The first-order valence-electron chi connectivity index (χ1n) is 7.54. The third kappa shape index (κ3) is 3.21. The summed E-state index contributed by atoms with van der Waals surface area (Å²) >= 11 is 1.84. The summed E-state index contributed by atoms with van der Waals surface area (Å²) in [4.78, 5) is 3.43. The van der Waals surface area contributed by atoms with Gasteiger partial charge in [0, 0.05) is 17.2 Å². The molecule has 0 radical (unpaired) electrons. The molecule has 0 atom stereocenters. The van der Waals surface area contributed by atoms with Crippen molar-refractivity contribution in [2.75, 3.05) is 20.6 Å². The number of benzene rings is 2. The number of nitrogens with zero attached hydrogens (tertiary/aromatic N) is 1. The second-order valence-corrected chi connectivity index (χ2v) is 6.85. The fourth-order valence-corrected chi connectivity index (χ4v) is 3.80. The van der Waals surface area contributed by atoms with E-state index in [1.807, 2.05) is 23.9 Å². The monoisotopic (exact) mass is 311 g/mol. The van der Waals surface area contributed by atoms with Crippen LogP contribution in [0, 0.1) is 0 Å². The van der Waals surface area contributed by atoms with Crippen LogP contribution in [0.2, 0.25) is 0 Å². The van der Waals surface area contributed by atoms with Crippen molar-refractivity contribution in [3.05, 3.63) is 65.2 Å². The molecule has 0 aliphatic carbocycles. The lowest BCUT2D eigenvalue weighted by atomic mass is 9.93. The van der Waals surface area contributed by atoms with E-state index in [4.69, 9.17) is 0 Å². The van der Waals surface area contributed by atoms with E-state index in [1.165, 1.54) is 21.6 Å². The minimum absolute atomic E-state index is 0.331. The number of phenolic OH excluding ortho intramolecular Hbond substituents is 1. The number of fused-ring (bicyclic) bond motifs is 2. The van der Waals surface area contributed by atoms with Gasteiger partial charge in [0.05, 0.1) is 0 Å². The van der Waals surface area contributed by atoms with Gasteiger partial charge in [-0.15, -0.1) is 11.8 Å². The third-order valence-corrected chi connectivity index (χ3v) is 4.99. The fourth-order valence-electron chi connectivity index (χ4n) is 2.75. The summed E-state index contributed by atoms with van der Waals surface area (Å²) in [7, 11) is 4.18. The zero-order valence-electron chi connectivity index (χ0n) is 13.0. The van der Waals surface area contributed by atoms with Crippen molar-refractivity contribution in [2.24, 2.45) is 0 Å². The van der Waals surface area contributed by atoms with Crippen molar-refractivity contribution < 1.29 is 5.11 Å². The van der Waals surface area contributed by atoms with Crippen molar-refractivity contribution in [1.82, 2.24) is 4.90 Å². The van der Waals surface area contributed by atoms with Crippen LogP contribution in [0.5, 0.6) is 5.75 Å². The molecule has 0 saturated carbocycles. The van der Waals surface area contributed by atoms with Crippen molar-refractivity contribution in [3.63, 3.8) is 0 Å². The summed E-state index contributed by atoms with van der Waals surface area (Å²) in [5.41, 5.74) is 5.04. The van der Waals surface area contributed by atoms with E-state index in [2.05, 4.69) is 49.3 Å². The lowest BCUT2D eigenvalue weighted by Gasteiger charge is -2.13. The van der Waals surface area contributed by atoms with Crippen LogP contribution in [0.25, 0.3) is 5.57 Å². The Morgan fingerprint density at radius 3 is 2.77 bits per heavy atom. The third-order valence-electron chi connectivity index (χ3n) is 3.87. The Labute approximate surface area is 136 Å². The summed E-state index contributed by atoms with van der Waals surface area (Å²) in [5.74, 6) is 1.30. The number of rotatable bonds is 3. The molecule has 114 valence electrons. The molecule has 1 aliphatic heterocycles. The van der Waals surface area contributed by atoms with Crippen LogP contribution < -0.4 is 0 Å². The first-order chi connectivity index (χ1) is 10.6. The first-order valence-corrected chi connectivity index (χ1v) is 8.53. The molecule has 2 aromatic rings. The number of thioether (sulfide) groups is 1. The zero-order chi connectivity index (χ0) is 15.5. The SMILES string of the molecule is CN(C)CC/C=C1\c2ccccc2CSc2ccc(O)cc21. The molecule has 0 spiro atoms. The van der Waals surface area contributed by atoms with Crippen LogP contribution in [0.3, 0.4) is 0 Å². The Morgan fingerprint density at radius 2 is 1.95 bits per heavy atom.